The lowest BCUT2D eigenvalue weighted by Gasteiger charge is -2.12. The van der Waals surface area contributed by atoms with Crippen LogP contribution in [0.2, 0.25) is 0 Å². The van der Waals surface area contributed by atoms with Gasteiger partial charge in [0.1, 0.15) is 0 Å². The second kappa shape index (κ2) is 7.61. The van der Waals surface area contributed by atoms with Crippen molar-refractivity contribution in [1.82, 2.24) is 4.98 Å². The molecule has 1 aromatic carbocycles. The number of nitrogens with one attached hydrogen (secondary N) is 2. The van der Waals surface area contributed by atoms with Gasteiger partial charge in [-0.15, -0.1) is 0 Å². The summed E-state index contributed by atoms with van der Waals surface area (Å²) >= 11 is 1.40. The highest BCUT2D eigenvalue weighted by molar-refractivity contribution is 8.00. The number of hydrogen-bond acceptors (Lipinski definition) is 4. The number of thioether (sulfide) groups is 1. The van der Waals surface area contributed by atoms with Crippen LogP contribution in [-0.2, 0) is 9.59 Å². The molecule has 22 heavy (non-hydrogen) atoms. The van der Waals surface area contributed by atoms with Crippen molar-refractivity contribution in [2.45, 2.75) is 24.1 Å². The first-order valence-electron chi connectivity index (χ1n) is 6.81. The van der Waals surface area contributed by atoms with E-state index in [-0.39, 0.29) is 17.1 Å². The highest BCUT2D eigenvalue weighted by atomic mass is 32.2. The quantitative estimate of drug-likeness (QED) is 0.831. The third-order valence-electron chi connectivity index (χ3n) is 2.78. The Labute approximate surface area is 133 Å². The Morgan fingerprint density at radius 3 is 2.23 bits per heavy atom. The number of amides is 2. The van der Waals surface area contributed by atoms with E-state index >= 15 is 0 Å². The van der Waals surface area contributed by atoms with Crippen LogP contribution in [0.5, 0.6) is 0 Å². The van der Waals surface area contributed by atoms with Gasteiger partial charge in [-0.25, -0.2) is 4.98 Å². The molecule has 0 aliphatic rings. The maximum Gasteiger partial charge on any atom is 0.237 e. The van der Waals surface area contributed by atoms with E-state index in [9.17, 15) is 9.59 Å². The lowest BCUT2D eigenvalue weighted by molar-refractivity contribution is -0.115. The Kier molecular flexibility index (Phi) is 5.55. The van der Waals surface area contributed by atoms with Crippen molar-refractivity contribution >= 4 is 35.0 Å². The van der Waals surface area contributed by atoms with E-state index in [2.05, 4.69) is 15.6 Å². The molecule has 0 saturated carbocycles. The Bertz CT molecular complexity index is 644. The van der Waals surface area contributed by atoms with Gasteiger partial charge in [-0.2, -0.15) is 0 Å². The number of hydrogen-bond donors (Lipinski definition) is 2. The van der Waals surface area contributed by atoms with E-state index in [1.807, 2.05) is 25.1 Å². The summed E-state index contributed by atoms with van der Waals surface area (Å²) in [6.07, 6.45) is 1.70. The molecule has 5 nitrogen and oxygen atoms in total. The first-order chi connectivity index (χ1) is 10.5. The number of carbonyl (C=O) groups is 2. The molecule has 1 atom stereocenters. The van der Waals surface area contributed by atoms with Gasteiger partial charge in [-0.1, -0.05) is 17.8 Å². The predicted octanol–water partition coefficient (Wildman–Crippen LogP) is 3.16. The molecule has 0 aliphatic heterocycles. The molecule has 114 valence electrons. The van der Waals surface area contributed by atoms with E-state index in [0.717, 1.165) is 5.03 Å². The molecule has 0 saturated heterocycles. The lowest BCUT2D eigenvalue weighted by atomic mass is 10.2. The van der Waals surface area contributed by atoms with E-state index < -0.39 is 0 Å². The standard InChI is InChI=1S/C16H17N3O2S/c1-11(22-15-5-3-4-10-17-15)16(21)19-14-8-6-13(7-9-14)18-12(2)20/h3-11H,1-2H3,(H,18,20)(H,19,21). The number of benzene rings is 1. The third-order valence-corrected chi connectivity index (χ3v) is 3.83. The van der Waals surface area contributed by atoms with Gasteiger partial charge in [-0.3, -0.25) is 9.59 Å². The fraction of sp³-hybridized carbons (Fsp3) is 0.188. The maximum atomic E-state index is 12.2. The second-order valence-corrected chi connectivity index (χ2v) is 6.04. The number of carbonyl (C=O) groups excluding carboxylic acids is 2. The van der Waals surface area contributed by atoms with Crippen LogP contribution in [0.4, 0.5) is 11.4 Å². The molecule has 0 spiro atoms. The number of rotatable bonds is 5. The van der Waals surface area contributed by atoms with E-state index in [1.165, 1.54) is 18.7 Å². The first kappa shape index (κ1) is 16.0. The molecular formula is C16H17N3O2S. The minimum atomic E-state index is -0.259. The predicted molar refractivity (Wildman–Crippen MR) is 88.9 cm³/mol. The highest BCUT2D eigenvalue weighted by Gasteiger charge is 2.15. The van der Waals surface area contributed by atoms with Gasteiger partial charge < -0.3 is 10.6 Å². The molecule has 2 amide bonds. The fourth-order valence-corrected chi connectivity index (χ4v) is 2.54. The molecule has 2 aromatic rings. The molecule has 1 heterocycles. The smallest absolute Gasteiger partial charge is 0.237 e. The molecule has 2 N–H and O–H groups in total. The summed E-state index contributed by atoms with van der Waals surface area (Å²) in [7, 11) is 0. The second-order valence-electron chi connectivity index (χ2n) is 4.68. The number of nitrogens with zero attached hydrogens (tertiary/aromatic N) is 1. The molecule has 0 bridgehead atoms. The van der Waals surface area contributed by atoms with Crippen LogP contribution in [0.1, 0.15) is 13.8 Å². The van der Waals surface area contributed by atoms with Gasteiger partial charge in [-0.05, 0) is 43.3 Å². The average Bonchev–Trinajstić information content (AvgIpc) is 2.49. The van der Waals surface area contributed by atoms with Gasteiger partial charge >= 0.3 is 0 Å². The van der Waals surface area contributed by atoms with Crippen LogP contribution in [0.25, 0.3) is 0 Å². The molecule has 0 radical (unpaired) electrons. The van der Waals surface area contributed by atoms with Crippen molar-refractivity contribution in [3.8, 4) is 0 Å². The Balaban J connectivity index is 1.92. The van der Waals surface area contributed by atoms with Crippen molar-refractivity contribution in [1.29, 1.82) is 0 Å². The van der Waals surface area contributed by atoms with Gasteiger partial charge in [0.2, 0.25) is 11.8 Å². The number of anilines is 2. The van der Waals surface area contributed by atoms with Gasteiger partial charge in [0.25, 0.3) is 0 Å². The summed E-state index contributed by atoms with van der Waals surface area (Å²) < 4.78 is 0. The van der Waals surface area contributed by atoms with E-state index in [0.29, 0.717) is 11.4 Å². The van der Waals surface area contributed by atoms with Crippen molar-refractivity contribution in [3.63, 3.8) is 0 Å². The topological polar surface area (TPSA) is 71.1 Å². The van der Waals surface area contributed by atoms with E-state index in [1.54, 1.807) is 30.5 Å². The van der Waals surface area contributed by atoms with Crippen LogP contribution in [-0.4, -0.2) is 22.0 Å². The van der Waals surface area contributed by atoms with Gasteiger partial charge in [0.05, 0.1) is 10.3 Å². The monoisotopic (exact) mass is 315 g/mol. The zero-order valence-electron chi connectivity index (χ0n) is 12.4. The summed E-state index contributed by atoms with van der Waals surface area (Å²) in [4.78, 5) is 27.3. The van der Waals surface area contributed by atoms with Crippen LogP contribution in [0.15, 0.2) is 53.7 Å². The summed E-state index contributed by atoms with van der Waals surface area (Å²) in [6, 6.07) is 12.6. The largest absolute Gasteiger partial charge is 0.326 e. The molecular weight excluding hydrogens is 298 g/mol. The zero-order valence-corrected chi connectivity index (χ0v) is 13.2. The summed E-state index contributed by atoms with van der Waals surface area (Å²) in [6.45, 7) is 3.28. The van der Waals surface area contributed by atoms with Crippen LogP contribution >= 0.6 is 11.8 Å². The van der Waals surface area contributed by atoms with Gasteiger partial charge in [0.15, 0.2) is 0 Å². The van der Waals surface area contributed by atoms with Gasteiger partial charge in [0, 0.05) is 24.5 Å². The number of pyridine rings is 1. The molecule has 1 unspecified atom stereocenters. The summed E-state index contributed by atoms with van der Waals surface area (Å²) in [5.74, 6) is -0.222. The molecule has 1 aromatic heterocycles. The average molecular weight is 315 g/mol. The fourth-order valence-electron chi connectivity index (χ4n) is 1.74. The minimum absolute atomic E-state index is 0.0945. The van der Waals surface area contributed by atoms with E-state index in [4.69, 9.17) is 0 Å². The Morgan fingerprint density at radius 1 is 1.05 bits per heavy atom. The maximum absolute atomic E-state index is 12.2. The van der Waals surface area contributed by atoms with Crippen molar-refractivity contribution in [2.75, 3.05) is 10.6 Å². The van der Waals surface area contributed by atoms with Crippen LogP contribution < -0.4 is 10.6 Å². The lowest BCUT2D eigenvalue weighted by Crippen LogP contribution is -2.22. The molecule has 0 fully saturated rings. The normalized spacial score (nSPS) is 11.5. The summed E-state index contributed by atoms with van der Waals surface area (Å²) in [5, 5.41) is 6.07. The van der Waals surface area contributed by atoms with Crippen LogP contribution in [0, 0.1) is 0 Å². The number of aromatic nitrogens is 1. The molecule has 0 aliphatic carbocycles. The van der Waals surface area contributed by atoms with Crippen molar-refractivity contribution in [3.05, 3.63) is 48.7 Å². The van der Waals surface area contributed by atoms with Crippen molar-refractivity contribution < 1.29 is 9.59 Å². The highest BCUT2D eigenvalue weighted by Crippen LogP contribution is 2.22. The molecule has 6 heteroatoms. The molecule has 2 rings (SSSR count). The Morgan fingerprint density at radius 2 is 1.68 bits per heavy atom. The zero-order chi connectivity index (χ0) is 15.9. The Hall–Kier alpha value is -2.34. The van der Waals surface area contributed by atoms with Crippen LogP contribution in [0.3, 0.4) is 0 Å². The summed E-state index contributed by atoms with van der Waals surface area (Å²) in [5.41, 5.74) is 1.38. The first-order valence-corrected chi connectivity index (χ1v) is 7.69. The third kappa shape index (κ3) is 4.89. The van der Waals surface area contributed by atoms with Crippen molar-refractivity contribution in [2.24, 2.45) is 0 Å². The minimum Gasteiger partial charge on any atom is -0.326 e. The SMILES string of the molecule is CC(=O)Nc1ccc(NC(=O)C(C)Sc2ccccn2)cc1.